The van der Waals surface area contributed by atoms with E-state index in [1.807, 2.05) is 0 Å². The third-order valence-corrected chi connectivity index (χ3v) is 6.14. The highest BCUT2D eigenvalue weighted by molar-refractivity contribution is 5.94. The molecule has 33 heavy (non-hydrogen) atoms. The molecule has 4 N–H and O–H groups in total. The SMILES string of the molecule is O=C(c1ccc(F)cc1)N1CCN(C(=O)[C@H]2CCCN2)CCCCOC[C@@H](O)[C@H](O)[C@@H](O)C1. The van der Waals surface area contributed by atoms with E-state index < -0.39 is 30.0 Å². The number of carbonyl (C=O) groups is 2. The Morgan fingerprint density at radius 1 is 0.970 bits per heavy atom. The number of amides is 2. The number of aliphatic hydroxyl groups is 3. The quantitative estimate of drug-likeness (QED) is 0.473. The third-order valence-electron chi connectivity index (χ3n) is 6.14. The van der Waals surface area contributed by atoms with Crippen molar-refractivity contribution in [1.29, 1.82) is 0 Å². The van der Waals surface area contributed by atoms with Crippen LogP contribution in [0.2, 0.25) is 0 Å². The lowest BCUT2D eigenvalue weighted by Crippen LogP contribution is -2.51. The van der Waals surface area contributed by atoms with Crippen LogP contribution in [0, 0.1) is 5.82 Å². The van der Waals surface area contributed by atoms with Gasteiger partial charge in [0.15, 0.2) is 0 Å². The summed E-state index contributed by atoms with van der Waals surface area (Å²) >= 11 is 0. The molecule has 0 saturated carbocycles. The van der Waals surface area contributed by atoms with Crippen LogP contribution in [-0.4, -0.2) is 107 Å². The van der Waals surface area contributed by atoms with Gasteiger partial charge in [-0.25, -0.2) is 4.39 Å². The normalized spacial score (nSPS) is 28.4. The zero-order valence-electron chi connectivity index (χ0n) is 18.7. The van der Waals surface area contributed by atoms with Crippen LogP contribution in [0.3, 0.4) is 0 Å². The molecule has 2 aliphatic heterocycles. The second kappa shape index (κ2) is 12.4. The summed E-state index contributed by atoms with van der Waals surface area (Å²) in [4.78, 5) is 29.2. The van der Waals surface area contributed by atoms with Crippen molar-refractivity contribution in [2.45, 2.75) is 50.0 Å². The summed E-state index contributed by atoms with van der Waals surface area (Å²) < 4.78 is 18.7. The zero-order valence-corrected chi connectivity index (χ0v) is 18.7. The van der Waals surface area contributed by atoms with Gasteiger partial charge in [0, 0.05) is 38.3 Å². The predicted molar refractivity (Wildman–Crippen MR) is 118 cm³/mol. The van der Waals surface area contributed by atoms with Crippen molar-refractivity contribution in [3.05, 3.63) is 35.6 Å². The van der Waals surface area contributed by atoms with E-state index in [-0.39, 0.29) is 43.8 Å². The van der Waals surface area contributed by atoms with Gasteiger partial charge in [-0.15, -0.1) is 0 Å². The molecule has 0 bridgehead atoms. The molecule has 0 spiro atoms. The van der Waals surface area contributed by atoms with E-state index in [0.717, 1.165) is 19.4 Å². The van der Waals surface area contributed by atoms with Gasteiger partial charge in [0.05, 0.1) is 12.6 Å². The fourth-order valence-electron chi connectivity index (χ4n) is 4.14. The molecule has 2 aliphatic rings. The minimum atomic E-state index is -1.52. The van der Waals surface area contributed by atoms with Crippen molar-refractivity contribution in [2.75, 3.05) is 45.9 Å². The number of carbonyl (C=O) groups excluding carboxylic acids is 2. The Morgan fingerprint density at radius 3 is 2.39 bits per heavy atom. The maximum absolute atomic E-state index is 13.3. The van der Waals surface area contributed by atoms with Crippen molar-refractivity contribution < 1.29 is 34.0 Å². The van der Waals surface area contributed by atoms with Gasteiger partial charge < -0.3 is 35.2 Å². The van der Waals surface area contributed by atoms with Crippen molar-refractivity contribution in [2.24, 2.45) is 0 Å². The molecule has 184 valence electrons. The van der Waals surface area contributed by atoms with Gasteiger partial charge in [0.1, 0.15) is 24.1 Å². The Hall–Kier alpha value is -2.11. The Labute approximate surface area is 193 Å². The maximum Gasteiger partial charge on any atom is 0.254 e. The number of ether oxygens (including phenoxy) is 1. The molecule has 2 amide bonds. The van der Waals surface area contributed by atoms with Gasteiger partial charge in [-0.3, -0.25) is 9.59 Å². The van der Waals surface area contributed by atoms with Crippen LogP contribution in [-0.2, 0) is 9.53 Å². The first kappa shape index (κ1) is 25.5. The molecule has 4 atom stereocenters. The highest BCUT2D eigenvalue weighted by Gasteiger charge is 2.31. The number of rotatable bonds is 2. The van der Waals surface area contributed by atoms with E-state index in [0.29, 0.717) is 26.0 Å². The van der Waals surface area contributed by atoms with Crippen LogP contribution < -0.4 is 5.32 Å². The molecular weight excluding hydrogens is 433 g/mol. The van der Waals surface area contributed by atoms with E-state index >= 15 is 0 Å². The average Bonchev–Trinajstić information content (AvgIpc) is 3.35. The van der Waals surface area contributed by atoms with Crippen LogP contribution in [0.25, 0.3) is 0 Å². The molecule has 0 radical (unpaired) electrons. The zero-order chi connectivity index (χ0) is 23.8. The topological polar surface area (TPSA) is 123 Å². The van der Waals surface area contributed by atoms with Crippen LogP contribution in [0.4, 0.5) is 4.39 Å². The molecule has 2 heterocycles. The Bertz CT molecular complexity index is 774. The van der Waals surface area contributed by atoms with Gasteiger partial charge in [-0.05, 0) is 56.5 Å². The van der Waals surface area contributed by atoms with Crippen LogP contribution in [0.1, 0.15) is 36.0 Å². The molecule has 10 heteroatoms. The second-order valence-corrected chi connectivity index (χ2v) is 8.64. The summed E-state index contributed by atoms with van der Waals surface area (Å²) in [6.45, 7) is 1.59. The van der Waals surface area contributed by atoms with Crippen LogP contribution in [0.5, 0.6) is 0 Å². The first-order valence-corrected chi connectivity index (χ1v) is 11.6. The van der Waals surface area contributed by atoms with Crippen molar-refractivity contribution in [3.63, 3.8) is 0 Å². The van der Waals surface area contributed by atoms with E-state index in [1.165, 1.54) is 29.2 Å². The van der Waals surface area contributed by atoms with Gasteiger partial charge in [-0.1, -0.05) is 0 Å². The fraction of sp³-hybridized carbons (Fsp3) is 0.652. The van der Waals surface area contributed by atoms with Crippen molar-refractivity contribution in [1.82, 2.24) is 15.1 Å². The van der Waals surface area contributed by atoms with Crippen molar-refractivity contribution in [3.8, 4) is 0 Å². The summed E-state index contributed by atoms with van der Waals surface area (Å²) in [5, 5.41) is 34.1. The highest BCUT2D eigenvalue weighted by atomic mass is 19.1. The summed E-state index contributed by atoms with van der Waals surface area (Å²) in [7, 11) is 0. The number of hydrogen-bond donors (Lipinski definition) is 4. The summed E-state index contributed by atoms with van der Waals surface area (Å²) in [6.07, 6.45) is -1.22. The number of benzene rings is 1. The maximum atomic E-state index is 13.3. The standard InChI is InChI=1S/C23H34FN3O6/c24-17-7-5-16(6-8-17)22(31)27-12-11-26(23(32)18-4-3-9-25-18)10-1-2-13-33-15-20(29)21(30)19(28)14-27/h5-8,18-21,25,28-30H,1-4,9-15H2/t18-,19+,20-,21-/m1/s1. The number of aliphatic hydroxyl groups excluding tert-OH is 3. The molecule has 0 aliphatic carbocycles. The number of halogens is 1. The number of nitrogens with zero attached hydrogens (tertiary/aromatic N) is 2. The largest absolute Gasteiger partial charge is 0.388 e. The molecule has 0 aromatic heterocycles. The Morgan fingerprint density at radius 2 is 1.70 bits per heavy atom. The Kier molecular flexibility index (Phi) is 9.57. The van der Waals surface area contributed by atoms with E-state index in [4.69, 9.17) is 4.74 Å². The predicted octanol–water partition coefficient (Wildman–Crippen LogP) is -0.258. The van der Waals surface area contributed by atoms with Crippen LogP contribution in [0.15, 0.2) is 24.3 Å². The lowest BCUT2D eigenvalue weighted by molar-refractivity contribution is -0.133. The average molecular weight is 468 g/mol. The second-order valence-electron chi connectivity index (χ2n) is 8.64. The molecule has 3 rings (SSSR count). The molecule has 2 fully saturated rings. The minimum absolute atomic E-state index is 0.0225. The Balaban J connectivity index is 1.79. The van der Waals surface area contributed by atoms with Gasteiger partial charge in [-0.2, -0.15) is 0 Å². The van der Waals surface area contributed by atoms with Crippen molar-refractivity contribution >= 4 is 11.8 Å². The fourth-order valence-corrected chi connectivity index (χ4v) is 4.14. The van der Waals surface area contributed by atoms with Crippen LogP contribution >= 0.6 is 0 Å². The lowest BCUT2D eigenvalue weighted by atomic mass is 10.1. The number of β-amino-alcohol motifs (C(OH)–C–C–N with tert-alkyl or cyclic N) is 1. The van der Waals surface area contributed by atoms with Gasteiger partial charge in [0.25, 0.3) is 5.91 Å². The first-order chi connectivity index (χ1) is 15.9. The van der Waals surface area contributed by atoms with E-state index in [9.17, 15) is 29.3 Å². The molecule has 0 unspecified atom stereocenters. The molecular formula is C23H34FN3O6. The minimum Gasteiger partial charge on any atom is -0.388 e. The van der Waals surface area contributed by atoms with E-state index in [1.54, 1.807) is 4.90 Å². The van der Waals surface area contributed by atoms with Gasteiger partial charge in [0.2, 0.25) is 5.91 Å². The number of nitrogens with one attached hydrogen (secondary N) is 1. The monoisotopic (exact) mass is 467 g/mol. The summed E-state index contributed by atoms with van der Waals surface area (Å²) in [5.41, 5.74) is 0.221. The summed E-state index contributed by atoms with van der Waals surface area (Å²) in [5.74, 6) is -0.969. The van der Waals surface area contributed by atoms with Gasteiger partial charge >= 0.3 is 0 Å². The molecule has 1 aromatic carbocycles. The molecule has 1 aromatic rings. The number of hydrogen-bond acceptors (Lipinski definition) is 7. The first-order valence-electron chi connectivity index (χ1n) is 11.6. The van der Waals surface area contributed by atoms with E-state index in [2.05, 4.69) is 5.32 Å². The highest BCUT2D eigenvalue weighted by Crippen LogP contribution is 2.14. The molecule has 9 nitrogen and oxygen atoms in total. The molecule has 2 saturated heterocycles. The summed E-state index contributed by atoms with van der Waals surface area (Å²) in [6, 6.07) is 4.79. The smallest absolute Gasteiger partial charge is 0.254 e. The lowest BCUT2D eigenvalue weighted by Gasteiger charge is -2.33. The third kappa shape index (κ3) is 7.18.